The normalized spacial score (nSPS) is 20.5. The van der Waals surface area contributed by atoms with Gasteiger partial charge in [-0.05, 0) is 52.0 Å². The third-order valence-electron chi connectivity index (χ3n) is 7.29. The molecule has 2 aliphatic heterocycles. The number of morpholine rings is 2. The van der Waals surface area contributed by atoms with Gasteiger partial charge in [0.25, 0.3) is 5.91 Å². The molecule has 0 spiro atoms. The van der Waals surface area contributed by atoms with Gasteiger partial charge >= 0.3 is 0 Å². The maximum atomic E-state index is 12.9. The van der Waals surface area contributed by atoms with Crippen molar-refractivity contribution in [2.24, 2.45) is 0 Å². The predicted molar refractivity (Wildman–Crippen MR) is 145 cm³/mol. The first-order chi connectivity index (χ1) is 17.8. The lowest BCUT2D eigenvalue weighted by Gasteiger charge is -2.37. The molecule has 5 rings (SSSR count). The van der Waals surface area contributed by atoms with Crippen molar-refractivity contribution >= 4 is 28.7 Å². The van der Waals surface area contributed by atoms with Crippen LogP contribution in [0, 0.1) is 0 Å². The van der Waals surface area contributed by atoms with E-state index in [2.05, 4.69) is 29.7 Å². The van der Waals surface area contributed by atoms with Crippen LogP contribution in [0.25, 0.3) is 22.3 Å². The van der Waals surface area contributed by atoms with Crippen molar-refractivity contribution in [2.75, 3.05) is 56.4 Å². The number of pyridine rings is 1. The second-order valence-corrected chi connectivity index (χ2v) is 10.2. The number of anilines is 2. The summed E-state index contributed by atoms with van der Waals surface area (Å²) in [5.74, 6) is 1.55. The fourth-order valence-electron chi connectivity index (χ4n) is 4.81. The van der Waals surface area contributed by atoms with Gasteiger partial charge in [-0.2, -0.15) is 9.97 Å². The molecule has 0 unspecified atom stereocenters. The molecular weight excluding hydrogens is 468 g/mol. The van der Waals surface area contributed by atoms with Crippen LogP contribution in [0.1, 0.15) is 38.1 Å². The number of rotatable bonds is 5. The predicted octanol–water partition coefficient (Wildman–Crippen LogP) is 3.62. The number of carbonyl (C=O) groups is 1. The number of ether oxygens (including phenoxy) is 2. The number of fused-ring (bicyclic) bond motifs is 1. The van der Waals surface area contributed by atoms with Crippen LogP contribution in [0.2, 0.25) is 0 Å². The molecule has 0 bridgehead atoms. The number of hydrogen-bond donors (Lipinski definition) is 0. The molecule has 0 aliphatic carbocycles. The third-order valence-corrected chi connectivity index (χ3v) is 7.29. The summed E-state index contributed by atoms with van der Waals surface area (Å²) in [7, 11) is 1.83. The highest BCUT2D eigenvalue weighted by molar-refractivity contribution is 5.96. The molecule has 9 nitrogen and oxygen atoms in total. The Balaban J connectivity index is 1.59. The summed E-state index contributed by atoms with van der Waals surface area (Å²) in [6.07, 6.45) is 0. The lowest BCUT2D eigenvalue weighted by molar-refractivity contribution is 0.0755. The quantitative estimate of drug-likeness (QED) is 0.521. The molecule has 9 heteroatoms. The zero-order valence-electron chi connectivity index (χ0n) is 22.3. The second kappa shape index (κ2) is 10.6. The van der Waals surface area contributed by atoms with Gasteiger partial charge in [-0.15, -0.1) is 0 Å². The van der Waals surface area contributed by atoms with Gasteiger partial charge in [0.1, 0.15) is 5.82 Å². The Hall–Kier alpha value is -3.30. The van der Waals surface area contributed by atoms with Crippen LogP contribution in [0.15, 0.2) is 36.4 Å². The van der Waals surface area contributed by atoms with Gasteiger partial charge in [-0.25, -0.2) is 4.98 Å². The molecule has 2 saturated heterocycles. The van der Waals surface area contributed by atoms with Crippen molar-refractivity contribution in [3.8, 4) is 11.3 Å². The van der Waals surface area contributed by atoms with E-state index in [1.54, 1.807) is 4.90 Å². The van der Waals surface area contributed by atoms with Crippen molar-refractivity contribution in [3.05, 3.63) is 42.0 Å². The van der Waals surface area contributed by atoms with E-state index in [1.165, 1.54) is 0 Å². The number of amides is 1. The summed E-state index contributed by atoms with van der Waals surface area (Å²) in [6, 6.07) is 12.2. The fourth-order valence-corrected chi connectivity index (χ4v) is 4.81. The van der Waals surface area contributed by atoms with Crippen LogP contribution in [0.4, 0.5) is 11.8 Å². The van der Waals surface area contributed by atoms with Crippen molar-refractivity contribution in [1.29, 1.82) is 0 Å². The monoisotopic (exact) mass is 504 g/mol. The molecule has 1 amide bonds. The summed E-state index contributed by atoms with van der Waals surface area (Å²) in [5.41, 5.74) is 2.94. The molecule has 2 atom stereocenters. The van der Waals surface area contributed by atoms with E-state index < -0.39 is 0 Å². The van der Waals surface area contributed by atoms with E-state index >= 15 is 0 Å². The van der Waals surface area contributed by atoms with Gasteiger partial charge in [-0.1, -0.05) is 12.1 Å². The first-order valence-corrected chi connectivity index (χ1v) is 13.1. The van der Waals surface area contributed by atoms with Gasteiger partial charge in [0.05, 0.1) is 49.6 Å². The van der Waals surface area contributed by atoms with Crippen LogP contribution >= 0.6 is 0 Å². The Kier molecular flexibility index (Phi) is 7.26. The first kappa shape index (κ1) is 25.4. The average Bonchev–Trinajstić information content (AvgIpc) is 2.92. The van der Waals surface area contributed by atoms with Gasteiger partial charge in [-0.3, -0.25) is 4.79 Å². The van der Waals surface area contributed by atoms with E-state index in [-0.39, 0.29) is 24.0 Å². The molecule has 2 aliphatic rings. The molecule has 2 aromatic heterocycles. The van der Waals surface area contributed by atoms with Crippen LogP contribution in [-0.2, 0) is 9.47 Å². The Labute approximate surface area is 218 Å². The molecule has 4 heterocycles. The third kappa shape index (κ3) is 5.10. The molecule has 1 aromatic carbocycles. The van der Waals surface area contributed by atoms with Crippen molar-refractivity contribution in [3.63, 3.8) is 0 Å². The van der Waals surface area contributed by atoms with Crippen molar-refractivity contribution < 1.29 is 14.3 Å². The minimum atomic E-state index is -0.00727. The summed E-state index contributed by atoms with van der Waals surface area (Å²) < 4.78 is 11.3. The molecule has 0 radical (unpaired) electrons. The number of aromatic nitrogens is 3. The molecule has 0 saturated carbocycles. The Morgan fingerprint density at radius 3 is 2.35 bits per heavy atom. The summed E-state index contributed by atoms with van der Waals surface area (Å²) in [6.45, 7) is 12.4. The number of benzene rings is 1. The lowest BCUT2D eigenvalue weighted by atomic mass is 10.1. The molecule has 3 aromatic rings. The Morgan fingerprint density at radius 2 is 1.68 bits per heavy atom. The van der Waals surface area contributed by atoms with Crippen LogP contribution in [0.5, 0.6) is 0 Å². The van der Waals surface area contributed by atoms with Crippen LogP contribution in [-0.4, -0.2) is 90.4 Å². The van der Waals surface area contributed by atoms with Gasteiger partial charge < -0.3 is 24.2 Å². The van der Waals surface area contributed by atoms with E-state index in [9.17, 15) is 4.79 Å². The highest BCUT2D eigenvalue weighted by atomic mass is 16.5. The Bertz CT molecular complexity index is 1280. The zero-order valence-corrected chi connectivity index (χ0v) is 22.3. The fraction of sp³-hybridized carbons (Fsp3) is 0.500. The molecule has 2 fully saturated rings. The minimum absolute atomic E-state index is 0.00727. The lowest BCUT2D eigenvalue weighted by Crippen LogP contribution is -2.46. The average molecular weight is 505 g/mol. The maximum absolute atomic E-state index is 12.9. The molecular formula is C28H36N6O3. The topological polar surface area (TPSA) is 83.9 Å². The molecule has 0 N–H and O–H groups in total. The summed E-state index contributed by atoms with van der Waals surface area (Å²) >= 11 is 0. The summed E-state index contributed by atoms with van der Waals surface area (Å²) in [4.78, 5) is 34.2. The molecule has 196 valence electrons. The highest BCUT2D eigenvalue weighted by Crippen LogP contribution is 2.31. The van der Waals surface area contributed by atoms with Gasteiger partial charge in [0.15, 0.2) is 5.65 Å². The van der Waals surface area contributed by atoms with Crippen molar-refractivity contribution in [2.45, 2.75) is 45.8 Å². The smallest absolute Gasteiger partial charge is 0.253 e. The standard InChI is InChI=1S/C28H36N6O3/c1-18(2)32(5)27(35)22-8-6-7-21(15-22)24-10-9-23-25(29-24)30-28(34-12-14-37-17-20(34)4)31-26(23)33-11-13-36-16-19(33)3/h6-10,15,18-20H,11-14,16-17H2,1-5H3/t19-,20-/m0/s1. The zero-order chi connectivity index (χ0) is 26.1. The van der Waals surface area contributed by atoms with Crippen LogP contribution < -0.4 is 9.80 Å². The Morgan fingerprint density at radius 1 is 0.973 bits per heavy atom. The SMILES string of the molecule is CC(C)N(C)C(=O)c1cccc(-c2ccc3c(N4CCOC[C@@H]4C)nc(N4CCOC[C@@H]4C)nc3n2)c1. The van der Waals surface area contributed by atoms with E-state index in [0.717, 1.165) is 35.6 Å². The summed E-state index contributed by atoms with van der Waals surface area (Å²) in [5, 5.41) is 0.911. The van der Waals surface area contributed by atoms with Crippen LogP contribution in [0.3, 0.4) is 0 Å². The first-order valence-electron chi connectivity index (χ1n) is 13.1. The minimum Gasteiger partial charge on any atom is -0.377 e. The van der Waals surface area contributed by atoms with E-state index in [1.807, 2.05) is 51.2 Å². The number of hydrogen-bond acceptors (Lipinski definition) is 8. The van der Waals surface area contributed by atoms with Crippen molar-refractivity contribution in [1.82, 2.24) is 19.9 Å². The second-order valence-electron chi connectivity index (χ2n) is 10.2. The van der Waals surface area contributed by atoms with E-state index in [0.29, 0.717) is 43.6 Å². The van der Waals surface area contributed by atoms with Gasteiger partial charge in [0.2, 0.25) is 5.95 Å². The van der Waals surface area contributed by atoms with Gasteiger partial charge in [0, 0.05) is 37.3 Å². The number of carbonyl (C=O) groups excluding carboxylic acids is 1. The molecule has 37 heavy (non-hydrogen) atoms. The largest absolute Gasteiger partial charge is 0.377 e. The highest BCUT2D eigenvalue weighted by Gasteiger charge is 2.27. The number of nitrogens with zero attached hydrogens (tertiary/aromatic N) is 6. The maximum Gasteiger partial charge on any atom is 0.253 e. The van der Waals surface area contributed by atoms with E-state index in [4.69, 9.17) is 24.4 Å².